The van der Waals surface area contributed by atoms with Crippen LogP contribution in [0.4, 0.5) is 10.5 Å². The minimum absolute atomic E-state index is 0.192. The zero-order valence-corrected chi connectivity index (χ0v) is 10.2. The summed E-state index contributed by atoms with van der Waals surface area (Å²) < 4.78 is 4.40. The number of benzene rings is 1. The molecule has 8 nitrogen and oxygen atoms in total. The first-order chi connectivity index (χ1) is 9.19. The van der Waals surface area contributed by atoms with Crippen LogP contribution < -0.4 is 5.32 Å². The Bertz CT molecular complexity index is 409. The highest BCUT2D eigenvalue weighted by Crippen LogP contribution is 2.14. The Morgan fingerprint density at radius 3 is 2.53 bits per heavy atom. The second-order valence-electron chi connectivity index (χ2n) is 2.95. The van der Waals surface area contributed by atoms with Crippen molar-refractivity contribution in [2.24, 2.45) is 10.4 Å². The molecule has 19 heavy (non-hydrogen) atoms. The van der Waals surface area contributed by atoms with E-state index >= 15 is 0 Å². The summed E-state index contributed by atoms with van der Waals surface area (Å²) in [5.74, 6) is 0. The van der Waals surface area contributed by atoms with Crippen molar-refractivity contribution >= 4 is 18.1 Å². The van der Waals surface area contributed by atoms with Gasteiger partial charge in [-0.25, -0.2) is 4.79 Å². The van der Waals surface area contributed by atoms with Gasteiger partial charge < -0.3 is 4.74 Å². The number of rotatable bonds is 5. The average molecular weight is 267 g/mol. The fourth-order valence-electron chi connectivity index (χ4n) is 0.949. The van der Waals surface area contributed by atoms with Gasteiger partial charge in [0.2, 0.25) is 0 Å². The molecule has 0 aliphatic heterocycles. The van der Waals surface area contributed by atoms with Gasteiger partial charge in [0.1, 0.15) is 5.69 Å². The summed E-state index contributed by atoms with van der Waals surface area (Å²) in [7, 11) is 0. The Morgan fingerprint density at radius 2 is 2.05 bits per heavy atom. The summed E-state index contributed by atoms with van der Waals surface area (Å²) in [6.45, 7) is 1.73. The highest BCUT2D eigenvalue weighted by Gasteiger charge is 1.97. The fraction of sp³-hybridized carbons (Fsp3) is 0.273. The normalized spacial score (nSPS) is 8.47. The molecule has 0 spiro atoms. The number of nitroso groups, excluding NO2 is 2. The zero-order valence-electron chi connectivity index (χ0n) is 10.2. The minimum Gasteiger partial charge on any atom is -0.450 e. The maximum atomic E-state index is 10.3. The van der Waals surface area contributed by atoms with Crippen molar-refractivity contribution in [2.45, 2.75) is 6.92 Å². The van der Waals surface area contributed by atoms with Crippen molar-refractivity contribution in [3.8, 4) is 0 Å². The number of amides is 1. The first-order valence-corrected chi connectivity index (χ1v) is 5.26. The van der Waals surface area contributed by atoms with Crippen LogP contribution in [0.1, 0.15) is 17.3 Å². The summed E-state index contributed by atoms with van der Waals surface area (Å²) in [6.07, 6.45) is -0.00593. The molecule has 0 unspecified atom stereocenters. The van der Waals surface area contributed by atoms with E-state index < -0.39 is 6.09 Å². The molecule has 1 rings (SSSR count). The smallest absolute Gasteiger partial charge is 0.408 e. The molecule has 0 saturated heterocycles. The maximum absolute atomic E-state index is 10.3. The average Bonchev–Trinajstić information content (AvgIpc) is 2.46. The predicted octanol–water partition coefficient (Wildman–Crippen LogP) is 2.35. The predicted molar refractivity (Wildman–Crippen MR) is 68.1 cm³/mol. The summed E-state index contributed by atoms with van der Waals surface area (Å²) in [4.78, 5) is 39.8. The van der Waals surface area contributed by atoms with E-state index in [0.29, 0.717) is 18.5 Å². The molecule has 1 amide bonds. The van der Waals surface area contributed by atoms with Crippen LogP contribution in [0.3, 0.4) is 0 Å². The van der Waals surface area contributed by atoms with E-state index in [9.17, 15) is 19.4 Å². The van der Waals surface area contributed by atoms with Gasteiger partial charge in [-0.1, -0.05) is 12.1 Å². The Labute approximate surface area is 109 Å². The van der Waals surface area contributed by atoms with Crippen LogP contribution in [0.5, 0.6) is 0 Å². The standard InChI is InChI=1S/C7H5NO2.C4H8N2O3/c9-5-6-3-1-2-4-7(6)8-10;1-2-9-4(7)5-3-6-8/h1-5H;2-3H2,1H3,(H,5,7). The van der Waals surface area contributed by atoms with Crippen molar-refractivity contribution in [1.82, 2.24) is 5.32 Å². The van der Waals surface area contributed by atoms with Crippen LogP contribution in [-0.4, -0.2) is 25.7 Å². The Hall–Kier alpha value is -2.64. The largest absolute Gasteiger partial charge is 0.450 e. The van der Waals surface area contributed by atoms with Gasteiger partial charge in [0.15, 0.2) is 13.0 Å². The molecule has 102 valence electrons. The Kier molecular flexibility index (Phi) is 9.05. The van der Waals surface area contributed by atoms with E-state index in [1.807, 2.05) is 0 Å². The van der Waals surface area contributed by atoms with Gasteiger partial charge in [0.25, 0.3) is 0 Å². The molecule has 0 aliphatic carbocycles. The number of aldehydes is 1. The highest BCUT2D eigenvalue weighted by molar-refractivity contribution is 5.82. The summed E-state index contributed by atoms with van der Waals surface area (Å²) in [6, 6.07) is 6.38. The number of alkyl carbamates (subject to hydrolysis) is 1. The van der Waals surface area contributed by atoms with E-state index in [1.54, 1.807) is 25.1 Å². The van der Waals surface area contributed by atoms with Crippen LogP contribution in [-0.2, 0) is 4.74 Å². The van der Waals surface area contributed by atoms with Crippen molar-refractivity contribution in [3.05, 3.63) is 39.6 Å². The lowest BCUT2D eigenvalue weighted by Gasteiger charge is -1.98. The van der Waals surface area contributed by atoms with Gasteiger partial charge in [-0.2, -0.15) is 0 Å². The van der Waals surface area contributed by atoms with Crippen molar-refractivity contribution in [3.63, 3.8) is 0 Å². The van der Waals surface area contributed by atoms with E-state index in [1.165, 1.54) is 6.07 Å². The van der Waals surface area contributed by atoms with Gasteiger partial charge in [0.05, 0.1) is 6.61 Å². The van der Waals surface area contributed by atoms with Gasteiger partial charge >= 0.3 is 6.09 Å². The molecule has 0 atom stereocenters. The fourth-order valence-corrected chi connectivity index (χ4v) is 0.949. The van der Waals surface area contributed by atoms with Crippen LogP contribution in [0.25, 0.3) is 0 Å². The Balaban J connectivity index is 0.000000344. The monoisotopic (exact) mass is 267 g/mol. The molecule has 1 aromatic rings. The molecule has 0 fully saturated rings. The number of hydrogen-bond acceptors (Lipinski definition) is 7. The molecular formula is C11H13N3O5. The molecule has 0 bridgehead atoms. The third kappa shape index (κ3) is 7.31. The van der Waals surface area contributed by atoms with Crippen molar-refractivity contribution in [1.29, 1.82) is 0 Å². The number of carbonyl (C=O) groups is 2. The van der Waals surface area contributed by atoms with Gasteiger partial charge in [-0.15, -0.1) is 9.81 Å². The summed E-state index contributed by atoms with van der Waals surface area (Å²) >= 11 is 0. The Morgan fingerprint density at radius 1 is 1.37 bits per heavy atom. The molecule has 1 aromatic carbocycles. The van der Waals surface area contributed by atoms with E-state index in [2.05, 4.69) is 20.4 Å². The third-order valence-corrected chi connectivity index (χ3v) is 1.73. The van der Waals surface area contributed by atoms with Crippen molar-refractivity contribution in [2.75, 3.05) is 13.3 Å². The van der Waals surface area contributed by atoms with E-state index in [-0.39, 0.29) is 12.4 Å². The quantitative estimate of drug-likeness (QED) is 0.649. The molecule has 0 heterocycles. The van der Waals surface area contributed by atoms with E-state index in [0.717, 1.165) is 0 Å². The molecule has 0 saturated carbocycles. The van der Waals surface area contributed by atoms with Gasteiger partial charge in [-0.3, -0.25) is 10.1 Å². The minimum atomic E-state index is -0.614. The number of nitrogens with zero attached hydrogens (tertiary/aromatic N) is 2. The molecule has 0 radical (unpaired) electrons. The highest BCUT2D eigenvalue weighted by atomic mass is 16.5. The van der Waals surface area contributed by atoms with Gasteiger partial charge in [-0.05, 0) is 29.4 Å². The summed E-state index contributed by atoms with van der Waals surface area (Å²) in [5.41, 5.74) is 0.523. The number of ether oxygens (including phenoxy) is 1. The lowest BCUT2D eigenvalue weighted by molar-refractivity contribution is 0.112. The van der Waals surface area contributed by atoms with Crippen LogP contribution in [0.15, 0.2) is 34.6 Å². The van der Waals surface area contributed by atoms with Crippen LogP contribution in [0.2, 0.25) is 0 Å². The van der Waals surface area contributed by atoms with Gasteiger partial charge in [0, 0.05) is 5.56 Å². The first kappa shape index (κ1) is 16.4. The lowest BCUT2D eigenvalue weighted by atomic mass is 10.2. The SMILES string of the molecule is CCOC(=O)NCN=O.O=Cc1ccccc1N=O. The zero-order chi connectivity index (χ0) is 14.5. The van der Waals surface area contributed by atoms with Crippen molar-refractivity contribution < 1.29 is 14.3 Å². The molecule has 8 heteroatoms. The van der Waals surface area contributed by atoms with Crippen LogP contribution >= 0.6 is 0 Å². The summed E-state index contributed by atoms with van der Waals surface area (Å²) in [5, 5.41) is 7.15. The van der Waals surface area contributed by atoms with Crippen LogP contribution in [0, 0.1) is 9.81 Å². The lowest BCUT2D eigenvalue weighted by Crippen LogP contribution is -2.23. The third-order valence-electron chi connectivity index (χ3n) is 1.73. The maximum Gasteiger partial charge on any atom is 0.408 e. The molecule has 0 aliphatic rings. The molecule has 1 N–H and O–H groups in total. The van der Waals surface area contributed by atoms with E-state index in [4.69, 9.17) is 0 Å². The first-order valence-electron chi connectivity index (χ1n) is 5.26. The molecular weight excluding hydrogens is 254 g/mol. The second-order valence-corrected chi connectivity index (χ2v) is 2.95. The number of hydrogen-bond donors (Lipinski definition) is 1. The number of nitrogens with one attached hydrogen (secondary N) is 1. The molecule has 0 aromatic heterocycles. The second kappa shape index (κ2) is 10.5. The number of carbonyl (C=O) groups excluding carboxylic acids is 2. The topological polar surface area (TPSA) is 114 Å².